The molecule has 2 N–H and O–H groups in total. The summed E-state index contributed by atoms with van der Waals surface area (Å²) in [4.78, 5) is 7.07. The molecule has 1 aliphatic heterocycles. The molecule has 1 atom stereocenters. The van der Waals surface area contributed by atoms with Crippen LogP contribution in [0.1, 0.15) is 0 Å². The van der Waals surface area contributed by atoms with Crippen molar-refractivity contribution in [2.75, 3.05) is 0 Å². The van der Waals surface area contributed by atoms with Crippen molar-refractivity contribution in [2.24, 2.45) is 15.7 Å². The summed E-state index contributed by atoms with van der Waals surface area (Å²) in [7, 11) is 0. The van der Waals surface area contributed by atoms with Gasteiger partial charge in [-0.15, -0.1) is 0 Å². The van der Waals surface area contributed by atoms with Crippen molar-refractivity contribution in [1.29, 1.82) is 0 Å². The van der Waals surface area contributed by atoms with Gasteiger partial charge in [-0.3, -0.25) is 5.73 Å². The first-order chi connectivity index (χ1) is 3.39. The number of hydrogen-bond acceptors (Lipinski definition) is 4. The fraction of sp³-hybridized carbons (Fsp3) is 0.333. The largest absolute Gasteiger partial charge is 0.445 e. The van der Waals surface area contributed by atoms with Crippen LogP contribution in [0.25, 0.3) is 0 Å². The van der Waals surface area contributed by atoms with Crippen molar-refractivity contribution >= 4 is 12.7 Å². The Morgan fingerprint density at radius 3 is 2.86 bits per heavy atom. The minimum atomic E-state index is -0.544. The van der Waals surface area contributed by atoms with Gasteiger partial charge in [-0.2, -0.15) is 0 Å². The molecule has 4 heteroatoms. The highest BCUT2D eigenvalue weighted by Crippen LogP contribution is 1.84. The molecule has 0 fully saturated rings. The molecule has 0 aromatic carbocycles. The zero-order valence-electron chi connectivity index (χ0n) is 3.61. The Hall–Kier alpha value is -0.900. The monoisotopic (exact) mass is 99.0 g/mol. The third-order valence-electron chi connectivity index (χ3n) is 0.541. The van der Waals surface area contributed by atoms with Gasteiger partial charge in [0.15, 0.2) is 6.40 Å². The lowest BCUT2D eigenvalue weighted by atomic mass is 10.9. The van der Waals surface area contributed by atoms with Crippen LogP contribution >= 0.6 is 0 Å². The third kappa shape index (κ3) is 0.972. The highest BCUT2D eigenvalue weighted by Gasteiger charge is 1.94. The predicted molar refractivity (Wildman–Crippen MR) is 26.0 cm³/mol. The zero-order chi connectivity index (χ0) is 5.11. The minimum Gasteiger partial charge on any atom is -0.445 e. The van der Waals surface area contributed by atoms with Crippen molar-refractivity contribution in [3.63, 3.8) is 0 Å². The molecular formula is C3H5N3O. The smallest absolute Gasteiger partial charge is 0.247 e. The van der Waals surface area contributed by atoms with Crippen LogP contribution in [-0.4, -0.2) is 19.1 Å². The van der Waals surface area contributed by atoms with E-state index >= 15 is 0 Å². The molecule has 1 aliphatic rings. The lowest BCUT2D eigenvalue weighted by molar-refractivity contribution is 0.215. The molecule has 1 unspecified atom stereocenters. The average molecular weight is 99.1 g/mol. The van der Waals surface area contributed by atoms with E-state index in [1.165, 1.54) is 12.7 Å². The Labute approximate surface area is 40.7 Å². The number of ether oxygens (including phenoxy) is 1. The SMILES string of the molecule is NC1N=CN=CO1. The Morgan fingerprint density at radius 2 is 2.57 bits per heavy atom. The van der Waals surface area contributed by atoms with E-state index in [-0.39, 0.29) is 0 Å². The first kappa shape index (κ1) is 4.26. The van der Waals surface area contributed by atoms with Crippen LogP contribution in [0.15, 0.2) is 9.98 Å². The van der Waals surface area contributed by atoms with Crippen molar-refractivity contribution < 1.29 is 4.74 Å². The summed E-state index contributed by atoms with van der Waals surface area (Å²) < 4.78 is 4.57. The normalized spacial score (nSPS) is 27.3. The van der Waals surface area contributed by atoms with E-state index in [0.29, 0.717) is 0 Å². The Balaban J connectivity index is 2.49. The van der Waals surface area contributed by atoms with Gasteiger partial charge in [0.2, 0.25) is 6.35 Å². The van der Waals surface area contributed by atoms with Crippen molar-refractivity contribution in [1.82, 2.24) is 0 Å². The highest BCUT2D eigenvalue weighted by molar-refractivity contribution is 5.69. The van der Waals surface area contributed by atoms with Gasteiger partial charge in [0, 0.05) is 0 Å². The van der Waals surface area contributed by atoms with Gasteiger partial charge in [-0.05, 0) is 0 Å². The lowest BCUT2D eigenvalue weighted by Gasteiger charge is -2.04. The van der Waals surface area contributed by atoms with Gasteiger partial charge in [0.05, 0.1) is 0 Å². The van der Waals surface area contributed by atoms with E-state index in [1.54, 1.807) is 0 Å². The van der Waals surface area contributed by atoms with E-state index in [0.717, 1.165) is 0 Å². The molecule has 0 spiro atoms. The number of nitrogens with zero attached hydrogens (tertiary/aromatic N) is 2. The molecule has 0 aromatic rings. The maximum Gasteiger partial charge on any atom is 0.247 e. The van der Waals surface area contributed by atoms with E-state index in [1.807, 2.05) is 0 Å². The molecule has 4 nitrogen and oxygen atoms in total. The molecular weight excluding hydrogens is 94.1 g/mol. The summed E-state index contributed by atoms with van der Waals surface area (Å²) in [6.07, 6.45) is 2.07. The van der Waals surface area contributed by atoms with Crippen molar-refractivity contribution in [3.8, 4) is 0 Å². The second-order valence-corrected chi connectivity index (χ2v) is 1.05. The summed E-state index contributed by atoms with van der Waals surface area (Å²) in [6.45, 7) is 0. The fourth-order valence-corrected chi connectivity index (χ4v) is 0.264. The zero-order valence-corrected chi connectivity index (χ0v) is 3.61. The summed E-state index contributed by atoms with van der Waals surface area (Å²) in [5.41, 5.74) is 5.12. The Bertz CT molecular complexity index is 109. The quantitative estimate of drug-likeness (QED) is 0.437. The minimum absolute atomic E-state index is 0.544. The second-order valence-electron chi connectivity index (χ2n) is 1.05. The Kier molecular flexibility index (Phi) is 1.04. The van der Waals surface area contributed by atoms with Crippen LogP contribution in [0, 0.1) is 0 Å². The van der Waals surface area contributed by atoms with E-state index < -0.39 is 6.35 Å². The first-order valence-corrected chi connectivity index (χ1v) is 1.84. The molecule has 0 aliphatic carbocycles. The molecule has 7 heavy (non-hydrogen) atoms. The van der Waals surface area contributed by atoms with Crippen LogP contribution in [0.4, 0.5) is 0 Å². The van der Waals surface area contributed by atoms with Gasteiger partial charge in [0.25, 0.3) is 0 Å². The number of nitrogens with two attached hydrogens (primary N) is 1. The standard InChI is InChI=1S/C3H5N3O/c4-3-6-1-5-2-7-3/h1-3H,4H2. The van der Waals surface area contributed by atoms with E-state index in [9.17, 15) is 0 Å². The predicted octanol–water partition coefficient (Wildman–Crippen LogP) is -0.685. The summed E-state index contributed by atoms with van der Waals surface area (Å²) >= 11 is 0. The third-order valence-corrected chi connectivity index (χ3v) is 0.541. The average Bonchev–Trinajstić information content (AvgIpc) is 1.69. The maximum absolute atomic E-state index is 5.12. The van der Waals surface area contributed by atoms with Crippen LogP contribution in [0.5, 0.6) is 0 Å². The fourth-order valence-electron chi connectivity index (χ4n) is 0.264. The van der Waals surface area contributed by atoms with Crippen LogP contribution in [-0.2, 0) is 4.74 Å². The summed E-state index contributed by atoms with van der Waals surface area (Å²) in [5.74, 6) is 0. The van der Waals surface area contributed by atoms with Gasteiger partial charge < -0.3 is 4.74 Å². The van der Waals surface area contributed by atoms with Crippen LogP contribution in [0.2, 0.25) is 0 Å². The van der Waals surface area contributed by atoms with Gasteiger partial charge in [-0.1, -0.05) is 0 Å². The van der Waals surface area contributed by atoms with E-state index in [4.69, 9.17) is 5.73 Å². The lowest BCUT2D eigenvalue weighted by Crippen LogP contribution is -2.22. The topological polar surface area (TPSA) is 60.0 Å². The van der Waals surface area contributed by atoms with Crippen LogP contribution in [0.3, 0.4) is 0 Å². The first-order valence-electron chi connectivity index (χ1n) is 1.84. The molecule has 0 aromatic heterocycles. The molecule has 0 saturated heterocycles. The molecule has 0 amide bonds. The van der Waals surface area contributed by atoms with Gasteiger partial charge in [0.1, 0.15) is 6.34 Å². The highest BCUT2D eigenvalue weighted by atomic mass is 16.5. The van der Waals surface area contributed by atoms with Gasteiger partial charge >= 0.3 is 0 Å². The van der Waals surface area contributed by atoms with Gasteiger partial charge in [-0.25, -0.2) is 9.98 Å². The molecule has 0 radical (unpaired) electrons. The molecule has 1 rings (SSSR count). The van der Waals surface area contributed by atoms with E-state index in [2.05, 4.69) is 14.7 Å². The maximum atomic E-state index is 5.12. The molecule has 38 valence electrons. The summed E-state index contributed by atoms with van der Waals surface area (Å²) in [5, 5.41) is 0. The number of hydrogen-bond donors (Lipinski definition) is 1. The summed E-state index contributed by atoms with van der Waals surface area (Å²) in [6, 6.07) is 0. The molecule has 1 heterocycles. The molecule has 0 saturated carbocycles. The second kappa shape index (κ2) is 1.70. The van der Waals surface area contributed by atoms with Crippen LogP contribution < -0.4 is 5.73 Å². The van der Waals surface area contributed by atoms with Crippen molar-refractivity contribution in [2.45, 2.75) is 6.35 Å². The molecule has 0 bridgehead atoms. The Morgan fingerprint density at radius 1 is 1.71 bits per heavy atom. The number of aliphatic imine (C=N–C) groups is 2. The van der Waals surface area contributed by atoms with Crippen molar-refractivity contribution in [3.05, 3.63) is 0 Å². The number of rotatable bonds is 0.